The zero-order valence-electron chi connectivity index (χ0n) is 43.2. The molecule has 0 radical (unpaired) electrons. The molecule has 7 unspecified atom stereocenters. The minimum Gasteiger partial charge on any atom is -0.394 e. The van der Waals surface area contributed by atoms with Gasteiger partial charge >= 0.3 is 10.4 Å². The number of hydrogen-bond donors (Lipinski definition) is 6. The second kappa shape index (κ2) is 45.0. The van der Waals surface area contributed by atoms with Crippen LogP contribution in [0.5, 0.6) is 0 Å². The van der Waals surface area contributed by atoms with E-state index in [2.05, 4.69) is 23.3 Å². The second-order valence-corrected chi connectivity index (χ2v) is 21.3. The smallest absolute Gasteiger partial charge is 0.394 e. The van der Waals surface area contributed by atoms with Crippen LogP contribution in [-0.2, 0) is 28.9 Å². The molecule has 0 aliphatic carbocycles. The third-order valence-corrected chi connectivity index (χ3v) is 14.4. The Hall–Kier alpha value is -0.900. The van der Waals surface area contributed by atoms with E-state index in [-0.39, 0.29) is 12.5 Å². The highest BCUT2D eigenvalue weighted by molar-refractivity contribution is 7.80. The topological polar surface area (TPSA) is 192 Å². The number of unbranched alkanes of at least 4 members (excludes halogenated alkanes) is 38. The van der Waals surface area contributed by atoms with Crippen molar-refractivity contribution in [3.05, 3.63) is 0 Å². The molecule has 0 spiro atoms. The Kier molecular flexibility index (Phi) is 43.1. The van der Waals surface area contributed by atoms with Gasteiger partial charge in [-0.05, 0) is 12.8 Å². The molecule has 0 aromatic rings. The number of aliphatic hydroxyl groups is 4. The van der Waals surface area contributed by atoms with Gasteiger partial charge < -0.3 is 35.2 Å². The number of rotatable bonds is 50. The molecule has 0 aromatic carbocycles. The largest absolute Gasteiger partial charge is 0.397 e. The minimum atomic E-state index is -5.08. The summed E-state index contributed by atoms with van der Waals surface area (Å²) in [5, 5.41) is 45.1. The SMILES string of the molecule is CCCCCCCCCCCCCCCCCCCCCCCC(O)C(COC1OC(CO)C(O)C(OS(=O)(=O)O)C1O)NC(=O)CCCCCCCCCCCCCCCCCCCCC. The molecule has 6 N–H and O–H groups in total. The van der Waals surface area contributed by atoms with Crippen LogP contribution < -0.4 is 5.32 Å². The summed E-state index contributed by atoms with van der Waals surface area (Å²) < 4.78 is 47.9. The van der Waals surface area contributed by atoms with E-state index in [0.29, 0.717) is 12.8 Å². The van der Waals surface area contributed by atoms with Gasteiger partial charge in [-0.2, -0.15) is 8.42 Å². The average Bonchev–Trinajstić information content (AvgIpc) is 3.30. The third-order valence-electron chi connectivity index (χ3n) is 13.9. The van der Waals surface area contributed by atoms with E-state index in [9.17, 15) is 38.2 Å². The molecule has 13 heteroatoms. The van der Waals surface area contributed by atoms with Crippen molar-refractivity contribution in [3.63, 3.8) is 0 Å². The van der Waals surface area contributed by atoms with Crippen LogP contribution in [0.4, 0.5) is 0 Å². The van der Waals surface area contributed by atoms with Gasteiger partial charge in [0.1, 0.15) is 24.4 Å². The van der Waals surface area contributed by atoms with Gasteiger partial charge in [0.2, 0.25) is 5.91 Å². The van der Waals surface area contributed by atoms with Crippen molar-refractivity contribution < 1.29 is 51.8 Å². The normalized spacial score (nSPS) is 19.8. The van der Waals surface area contributed by atoms with Crippen LogP contribution in [0.25, 0.3) is 0 Å². The fraction of sp³-hybridized carbons (Fsp3) is 0.981. The highest BCUT2D eigenvalue weighted by Gasteiger charge is 2.48. The van der Waals surface area contributed by atoms with Crippen molar-refractivity contribution in [1.82, 2.24) is 5.32 Å². The van der Waals surface area contributed by atoms with Gasteiger partial charge in [-0.15, -0.1) is 0 Å². The lowest BCUT2D eigenvalue weighted by atomic mass is 9.99. The molecule has 1 heterocycles. The Bertz CT molecular complexity index is 1200. The lowest BCUT2D eigenvalue weighted by Gasteiger charge is -2.41. The van der Waals surface area contributed by atoms with E-state index in [4.69, 9.17) is 9.47 Å². The first-order valence-corrected chi connectivity index (χ1v) is 29.8. The standard InChI is InChI=1S/C54H107NO11S/c1-3-5-7-9-11-13-15-17-19-21-23-24-26-27-29-31-33-35-37-39-41-43-48(57)47(46-64-54-52(60)53(66-67(61,62)63)51(59)49(45-56)65-54)55-50(58)44-42-40-38-36-34-32-30-28-25-22-20-18-16-14-12-10-8-6-4-2/h47-49,51-54,56-57,59-60H,3-46H2,1-2H3,(H,55,58)(H,61,62,63). The first kappa shape index (κ1) is 64.1. The van der Waals surface area contributed by atoms with Crippen molar-refractivity contribution in [3.8, 4) is 0 Å². The van der Waals surface area contributed by atoms with Gasteiger partial charge in [0, 0.05) is 6.42 Å². The molecular weight excluding hydrogens is 871 g/mol. The number of ether oxygens (including phenoxy) is 2. The fourth-order valence-electron chi connectivity index (χ4n) is 9.52. The monoisotopic (exact) mass is 978 g/mol. The predicted molar refractivity (Wildman–Crippen MR) is 273 cm³/mol. The van der Waals surface area contributed by atoms with Gasteiger partial charge in [-0.3, -0.25) is 9.35 Å². The van der Waals surface area contributed by atoms with Crippen LogP contribution in [0.3, 0.4) is 0 Å². The van der Waals surface area contributed by atoms with Gasteiger partial charge in [0.05, 0.1) is 25.4 Å². The predicted octanol–water partition coefficient (Wildman–Crippen LogP) is 12.9. The molecule has 1 saturated heterocycles. The maximum atomic E-state index is 13.1. The van der Waals surface area contributed by atoms with Crippen LogP contribution >= 0.6 is 0 Å². The van der Waals surface area contributed by atoms with Crippen molar-refractivity contribution in [1.29, 1.82) is 0 Å². The number of nitrogens with one attached hydrogen (secondary N) is 1. The maximum Gasteiger partial charge on any atom is 0.397 e. The van der Waals surface area contributed by atoms with Gasteiger partial charge in [-0.25, -0.2) is 4.18 Å². The molecule has 0 saturated carbocycles. The summed E-state index contributed by atoms with van der Waals surface area (Å²) in [6.45, 7) is 3.50. The molecule has 67 heavy (non-hydrogen) atoms. The molecule has 0 aromatic heterocycles. The number of amides is 1. The molecule has 1 rings (SSSR count). The summed E-state index contributed by atoms with van der Waals surface area (Å²) in [6, 6.07) is -0.853. The molecule has 1 aliphatic rings. The summed E-state index contributed by atoms with van der Waals surface area (Å²) in [5.74, 6) is -0.222. The summed E-state index contributed by atoms with van der Waals surface area (Å²) >= 11 is 0. The first-order valence-electron chi connectivity index (χ1n) is 28.4. The summed E-state index contributed by atoms with van der Waals surface area (Å²) in [7, 11) is -5.08. The van der Waals surface area contributed by atoms with Crippen molar-refractivity contribution in [2.75, 3.05) is 13.2 Å². The molecule has 1 aliphatic heterocycles. The summed E-state index contributed by atoms with van der Waals surface area (Å²) in [6.07, 6.45) is 42.4. The van der Waals surface area contributed by atoms with E-state index in [1.165, 1.54) is 205 Å². The van der Waals surface area contributed by atoms with E-state index in [1.807, 2.05) is 0 Å². The Morgan fingerprint density at radius 3 is 1.19 bits per heavy atom. The quantitative estimate of drug-likeness (QED) is 0.0251. The van der Waals surface area contributed by atoms with Gasteiger partial charge in [0.15, 0.2) is 6.29 Å². The van der Waals surface area contributed by atoms with Crippen LogP contribution in [-0.4, -0.2) is 95.4 Å². The Labute approximate surface area is 411 Å². The fourth-order valence-corrected chi connectivity index (χ4v) is 10.0. The zero-order chi connectivity index (χ0) is 49.1. The first-order chi connectivity index (χ1) is 32.5. The number of aliphatic hydroxyl groups excluding tert-OH is 4. The molecular formula is C54H107NO11S. The Balaban J connectivity index is 2.36. The van der Waals surface area contributed by atoms with E-state index in [1.54, 1.807) is 0 Å². The Morgan fingerprint density at radius 2 is 0.866 bits per heavy atom. The van der Waals surface area contributed by atoms with Gasteiger partial charge in [0.25, 0.3) is 0 Å². The molecule has 7 atom stereocenters. The third kappa shape index (κ3) is 37.5. The minimum absolute atomic E-state index is 0.222. The number of carbonyl (C=O) groups is 1. The van der Waals surface area contributed by atoms with Crippen LogP contribution in [0.1, 0.15) is 284 Å². The zero-order valence-corrected chi connectivity index (χ0v) is 44.1. The van der Waals surface area contributed by atoms with E-state index >= 15 is 0 Å². The molecule has 400 valence electrons. The second-order valence-electron chi connectivity index (χ2n) is 20.2. The number of carbonyl (C=O) groups excluding carboxylic acids is 1. The van der Waals surface area contributed by atoms with Gasteiger partial charge in [-0.1, -0.05) is 264 Å². The summed E-state index contributed by atoms with van der Waals surface area (Å²) in [5.41, 5.74) is 0. The van der Waals surface area contributed by atoms with E-state index < -0.39 is 59.9 Å². The van der Waals surface area contributed by atoms with Crippen LogP contribution in [0.15, 0.2) is 0 Å². The Morgan fingerprint density at radius 1 is 0.537 bits per heavy atom. The highest BCUT2D eigenvalue weighted by atomic mass is 32.3. The average molecular weight is 979 g/mol. The lowest BCUT2D eigenvalue weighted by Crippen LogP contribution is -2.61. The van der Waals surface area contributed by atoms with Crippen molar-refractivity contribution >= 4 is 16.3 Å². The molecule has 1 amide bonds. The maximum absolute atomic E-state index is 13.1. The van der Waals surface area contributed by atoms with Crippen molar-refractivity contribution in [2.24, 2.45) is 0 Å². The molecule has 0 bridgehead atoms. The highest BCUT2D eigenvalue weighted by Crippen LogP contribution is 2.26. The summed E-state index contributed by atoms with van der Waals surface area (Å²) in [4.78, 5) is 13.1. The number of hydrogen-bond acceptors (Lipinski definition) is 10. The molecule has 1 fully saturated rings. The van der Waals surface area contributed by atoms with Crippen molar-refractivity contribution in [2.45, 2.75) is 326 Å². The van der Waals surface area contributed by atoms with Crippen LogP contribution in [0, 0.1) is 0 Å². The molecule has 12 nitrogen and oxygen atoms in total. The van der Waals surface area contributed by atoms with Crippen LogP contribution in [0.2, 0.25) is 0 Å². The van der Waals surface area contributed by atoms with E-state index in [0.717, 1.165) is 51.4 Å². The lowest BCUT2D eigenvalue weighted by molar-refractivity contribution is -0.298.